The van der Waals surface area contributed by atoms with Crippen molar-refractivity contribution >= 4 is 0 Å². The third-order valence-electron chi connectivity index (χ3n) is 2.57. The number of nitrogens with two attached hydrogens (primary N) is 1. The number of nitrogens with zero attached hydrogens (tertiary/aromatic N) is 3. The van der Waals surface area contributed by atoms with Gasteiger partial charge in [-0.2, -0.15) is 4.98 Å². The van der Waals surface area contributed by atoms with Gasteiger partial charge in [-0.05, 0) is 18.6 Å². The summed E-state index contributed by atoms with van der Waals surface area (Å²) in [6.07, 6.45) is 3.95. The van der Waals surface area contributed by atoms with Gasteiger partial charge in [0.15, 0.2) is 0 Å². The lowest BCUT2D eigenvalue weighted by atomic mass is 10.1. The molecule has 0 amide bonds. The standard InChI is InChI=1S/C12H16N4O2/c1-8-3-4-14-6-10(8)12-15-11(18-16-12)5-9(13)7-17-2/h3-4,6,9H,5,7,13H2,1-2H3. The van der Waals surface area contributed by atoms with Crippen LogP contribution in [0.3, 0.4) is 0 Å². The Morgan fingerprint density at radius 3 is 3.06 bits per heavy atom. The monoisotopic (exact) mass is 248 g/mol. The molecular weight excluding hydrogens is 232 g/mol. The van der Waals surface area contributed by atoms with E-state index >= 15 is 0 Å². The van der Waals surface area contributed by atoms with Crippen molar-refractivity contribution in [2.45, 2.75) is 19.4 Å². The van der Waals surface area contributed by atoms with E-state index in [0.717, 1.165) is 11.1 Å². The van der Waals surface area contributed by atoms with Crippen LogP contribution in [0, 0.1) is 6.92 Å². The second kappa shape index (κ2) is 5.70. The van der Waals surface area contributed by atoms with Gasteiger partial charge in [0.2, 0.25) is 11.7 Å². The summed E-state index contributed by atoms with van der Waals surface area (Å²) in [4.78, 5) is 8.37. The van der Waals surface area contributed by atoms with Crippen LogP contribution in [0.5, 0.6) is 0 Å². The Morgan fingerprint density at radius 2 is 2.33 bits per heavy atom. The Kier molecular flexibility index (Phi) is 4.01. The van der Waals surface area contributed by atoms with Crippen LogP contribution in [0.15, 0.2) is 23.0 Å². The average Bonchev–Trinajstić information content (AvgIpc) is 2.78. The normalized spacial score (nSPS) is 12.6. The van der Waals surface area contributed by atoms with E-state index in [1.165, 1.54) is 0 Å². The van der Waals surface area contributed by atoms with E-state index in [4.69, 9.17) is 15.0 Å². The predicted molar refractivity (Wildman–Crippen MR) is 65.8 cm³/mol. The van der Waals surface area contributed by atoms with E-state index in [2.05, 4.69) is 15.1 Å². The Bertz CT molecular complexity index is 512. The number of aromatic nitrogens is 3. The molecule has 0 aromatic carbocycles. The fourth-order valence-corrected chi connectivity index (χ4v) is 1.64. The summed E-state index contributed by atoms with van der Waals surface area (Å²) in [5.41, 5.74) is 7.75. The molecule has 0 spiro atoms. The van der Waals surface area contributed by atoms with E-state index in [1.54, 1.807) is 19.5 Å². The van der Waals surface area contributed by atoms with Gasteiger partial charge in [0.25, 0.3) is 0 Å². The summed E-state index contributed by atoms with van der Waals surface area (Å²) in [7, 11) is 1.61. The largest absolute Gasteiger partial charge is 0.383 e. The van der Waals surface area contributed by atoms with Crippen LogP contribution in [-0.4, -0.2) is 34.9 Å². The minimum atomic E-state index is -0.140. The van der Waals surface area contributed by atoms with Crippen molar-refractivity contribution in [2.75, 3.05) is 13.7 Å². The molecule has 2 heterocycles. The smallest absolute Gasteiger partial charge is 0.228 e. The van der Waals surface area contributed by atoms with Gasteiger partial charge in [-0.3, -0.25) is 4.98 Å². The van der Waals surface area contributed by atoms with Crippen molar-refractivity contribution in [2.24, 2.45) is 5.73 Å². The molecule has 0 saturated heterocycles. The first kappa shape index (κ1) is 12.7. The highest BCUT2D eigenvalue weighted by atomic mass is 16.5. The van der Waals surface area contributed by atoms with Gasteiger partial charge >= 0.3 is 0 Å². The zero-order chi connectivity index (χ0) is 13.0. The molecule has 2 rings (SSSR count). The van der Waals surface area contributed by atoms with E-state index in [0.29, 0.717) is 24.7 Å². The highest BCUT2D eigenvalue weighted by Crippen LogP contribution is 2.18. The van der Waals surface area contributed by atoms with Crippen molar-refractivity contribution in [3.63, 3.8) is 0 Å². The van der Waals surface area contributed by atoms with E-state index in [-0.39, 0.29) is 6.04 Å². The van der Waals surface area contributed by atoms with Crippen LogP contribution >= 0.6 is 0 Å². The first-order valence-corrected chi connectivity index (χ1v) is 5.68. The summed E-state index contributed by atoms with van der Waals surface area (Å²) < 4.78 is 10.1. The lowest BCUT2D eigenvalue weighted by Gasteiger charge is -2.05. The molecule has 1 unspecified atom stereocenters. The minimum absolute atomic E-state index is 0.140. The molecule has 0 fully saturated rings. The average molecular weight is 248 g/mol. The Balaban J connectivity index is 2.13. The van der Waals surface area contributed by atoms with Crippen LogP contribution in [0.1, 0.15) is 11.5 Å². The molecule has 0 aliphatic rings. The van der Waals surface area contributed by atoms with Crippen LogP contribution < -0.4 is 5.73 Å². The highest BCUT2D eigenvalue weighted by molar-refractivity contribution is 5.57. The zero-order valence-electron chi connectivity index (χ0n) is 10.5. The minimum Gasteiger partial charge on any atom is -0.383 e. The fraction of sp³-hybridized carbons (Fsp3) is 0.417. The topological polar surface area (TPSA) is 87.1 Å². The van der Waals surface area contributed by atoms with Gasteiger partial charge in [0, 0.05) is 37.5 Å². The summed E-state index contributed by atoms with van der Waals surface area (Å²) in [5, 5.41) is 3.94. The van der Waals surface area contributed by atoms with E-state index < -0.39 is 0 Å². The number of rotatable bonds is 5. The van der Waals surface area contributed by atoms with Gasteiger partial charge in [-0.15, -0.1) is 0 Å². The molecular formula is C12H16N4O2. The van der Waals surface area contributed by atoms with Crippen molar-refractivity contribution in [3.8, 4) is 11.4 Å². The lowest BCUT2D eigenvalue weighted by Crippen LogP contribution is -2.28. The van der Waals surface area contributed by atoms with Crippen LogP contribution in [0.25, 0.3) is 11.4 Å². The summed E-state index contributed by atoms with van der Waals surface area (Å²) in [6, 6.07) is 1.76. The lowest BCUT2D eigenvalue weighted by molar-refractivity contribution is 0.176. The van der Waals surface area contributed by atoms with Crippen molar-refractivity contribution in [1.82, 2.24) is 15.1 Å². The van der Waals surface area contributed by atoms with Crippen molar-refractivity contribution < 1.29 is 9.26 Å². The number of hydrogen-bond donors (Lipinski definition) is 1. The van der Waals surface area contributed by atoms with Gasteiger partial charge in [0.1, 0.15) is 0 Å². The van der Waals surface area contributed by atoms with Crippen molar-refractivity contribution in [1.29, 1.82) is 0 Å². The van der Waals surface area contributed by atoms with Crippen LogP contribution in [0.4, 0.5) is 0 Å². The number of ether oxygens (including phenoxy) is 1. The molecule has 2 aromatic heterocycles. The maximum atomic E-state index is 5.83. The molecule has 6 nitrogen and oxygen atoms in total. The van der Waals surface area contributed by atoms with Crippen LogP contribution in [0.2, 0.25) is 0 Å². The Morgan fingerprint density at radius 1 is 1.50 bits per heavy atom. The molecule has 0 aliphatic carbocycles. The molecule has 1 atom stereocenters. The van der Waals surface area contributed by atoms with Crippen LogP contribution in [-0.2, 0) is 11.2 Å². The molecule has 0 aliphatic heterocycles. The van der Waals surface area contributed by atoms with Gasteiger partial charge in [-0.1, -0.05) is 5.16 Å². The molecule has 0 radical (unpaired) electrons. The second-order valence-corrected chi connectivity index (χ2v) is 4.12. The quantitative estimate of drug-likeness (QED) is 0.847. The first-order chi connectivity index (χ1) is 8.70. The van der Waals surface area contributed by atoms with Gasteiger partial charge in [0.05, 0.1) is 6.61 Å². The van der Waals surface area contributed by atoms with Gasteiger partial charge in [-0.25, -0.2) is 0 Å². The summed E-state index contributed by atoms with van der Waals surface area (Å²) in [5.74, 6) is 1.05. The molecule has 0 saturated carbocycles. The first-order valence-electron chi connectivity index (χ1n) is 5.68. The highest BCUT2D eigenvalue weighted by Gasteiger charge is 2.13. The molecule has 0 bridgehead atoms. The summed E-state index contributed by atoms with van der Waals surface area (Å²) >= 11 is 0. The molecule has 2 N–H and O–H groups in total. The Hall–Kier alpha value is -1.79. The third-order valence-corrected chi connectivity index (χ3v) is 2.57. The third kappa shape index (κ3) is 2.91. The maximum absolute atomic E-state index is 5.83. The SMILES string of the molecule is COCC(N)Cc1nc(-c2cnccc2C)no1. The number of aryl methyl sites for hydroxylation is 1. The number of hydrogen-bond acceptors (Lipinski definition) is 6. The Labute approximate surface area is 105 Å². The molecule has 2 aromatic rings. The number of methoxy groups -OCH3 is 1. The molecule has 18 heavy (non-hydrogen) atoms. The fourth-order valence-electron chi connectivity index (χ4n) is 1.64. The molecule has 6 heteroatoms. The van der Waals surface area contributed by atoms with E-state index in [1.807, 2.05) is 13.0 Å². The zero-order valence-corrected chi connectivity index (χ0v) is 10.5. The summed E-state index contributed by atoms with van der Waals surface area (Å²) in [6.45, 7) is 2.44. The second-order valence-electron chi connectivity index (χ2n) is 4.12. The van der Waals surface area contributed by atoms with Crippen molar-refractivity contribution in [3.05, 3.63) is 29.9 Å². The predicted octanol–water partition coefficient (Wildman–Crippen LogP) is 0.956. The molecule has 96 valence electrons. The van der Waals surface area contributed by atoms with E-state index in [9.17, 15) is 0 Å². The number of pyridine rings is 1. The maximum Gasteiger partial charge on any atom is 0.228 e. The van der Waals surface area contributed by atoms with Gasteiger partial charge < -0.3 is 15.0 Å².